The number of carboxylic acids is 1. The molecule has 0 bridgehead atoms. The van der Waals surface area contributed by atoms with E-state index in [1.807, 2.05) is 6.92 Å². The number of aliphatic carboxylic acids is 1. The molecule has 18 heavy (non-hydrogen) atoms. The summed E-state index contributed by atoms with van der Waals surface area (Å²) in [6.07, 6.45) is 0.434. The number of rotatable bonds is 4. The van der Waals surface area contributed by atoms with E-state index in [1.54, 1.807) is 11.9 Å². The zero-order valence-corrected chi connectivity index (χ0v) is 11.8. The van der Waals surface area contributed by atoms with Crippen LogP contribution in [-0.4, -0.2) is 59.5 Å². The molecule has 5 heteroatoms. The number of carbonyl (C=O) groups is 2. The molecule has 104 valence electrons. The Labute approximate surface area is 109 Å². The molecule has 1 N–H and O–H groups in total. The van der Waals surface area contributed by atoms with E-state index in [1.165, 1.54) is 0 Å². The highest BCUT2D eigenvalue weighted by molar-refractivity contribution is 5.82. The van der Waals surface area contributed by atoms with Crippen molar-refractivity contribution >= 4 is 11.9 Å². The summed E-state index contributed by atoms with van der Waals surface area (Å²) in [5, 5.41) is 8.78. The van der Waals surface area contributed by atoms with Crippen LogP contribution in [0.4, 0.5) is 0 Å². The topological polar surface area (TPSA) is 60.9 Å². The first-order chi connectivity index (χ1) is 8.26. The first kappa shape index (κ1) is 15.0. The van der Waals surface area contributed by atoms with Gasteiger partial charge in [-0.3, -0.25) is 14.5 Å². The Morgan fingerprint density at radius 2 is 2.06 bits per heavy atom. The van der Waals surface area contributed by atoms with Gasteiger partial charge in [0.15, 0.2) is 0 Å². The Hall–Kier alpha value is -1.10. The van der Waals surface area contributed by atoms with Crippen molar-refractivity contribution in [2.75, 3.05) is 26.7 Å². The van der Waals surface area contributed by atoms with Crippen LogP contribution in [0.25, 0.3) is 0 Å². The third-order valence-corrected chi connectivity index (χ3v) is 3.44. The monoisotopic (exact) mass is 256 g/mol. The number of carbonyl (C=O) groups excluding carboxylic acids is 1. The van der Waals surface area contributed by atoms with E-state index in [0.29, 0.717) is 13.0 Å². The van der Waals surface area contributed by atoms with Crippen molar-refractivity contribution < 1.29 is 14.7 Å². The highest BCUT2D eigenvalue weighted by atomic mass is 16.4. The van der Waals surface area contributed by atoms with Crippen molar-refractivity contribution in [2.45, 2.75) is 39.7 Å². The maximum absolute atomic E-state index is 12.3. The molecule has 1 heterocycles. The van der Waals surface area contributed by atoms with Crippen LogP contribution in [-0.2, 0) is 9.59 Å². The molecule has 0 aromatic carbocycles. The summed E-state index contributed by atoms with van der Waals surface area (Å²) in [6, 6.07) is -0.294. The van der Waals surface area contributed by atoms with Crippen molar-refractivity contribution in [1.82, 2.24) is 9.80 Å². The first-order valence-electron chi connectivity index (χ1n) is 6.47. The Morgan fingerprint density at radius 3 is 2.56 bits per heavy atom. The van der Waals surface area contributed by atoms with Gasteiger partial charge in [-0.25, -0.2) is 0 Å². The van der Waals surface area contributed by atoms with E-state index in [-0.39, 0.29) is 23.8 Å². The summed E-state index contributed by atoms with van der Waals surface area (Å²) in [7, 11) is 1.80. The number of carboxylic acid groups (broad SMARTS) is 1. The van der Waals surface area contributed by atoms with Gasteiger partial charge in [0, 0.05) is 26.6 Å². The molecule has 0 aromatic rings. The summed E-state index contributed by atoms with van der Waals surface area (Å²) in [6.45, 7) is 8.60. The summed E-state index contributed by atoms with van der Waals surface area (Å²) in [4.78, 5) is 26.8. The van der Waals surface area contributed by atoms with Crippen molar-refractivity contribution in [1.29, 1.82) is 0 Å². The largest absolute Gasteiger partial charge is 0.481 e. The van der Waals surface area contributed by atoms with Crippen LogP contribution in [0.3, 0.4) is 0 Å². The van der Waals surface area contributed by atoms with Crippen LogP contribution in [0.5, 0.6) is 0 Å². The average Bonchev–Trinajstić information content (AvgIpc) is 2.32. The fourth-order valence-corrected chi connectivity index (χ4v) is 2.74. The number of hydrogen-bond donors (Lipinski definition) is 1. The Balaban J connectivity index is 2.88. The maximum atomic E-state index is 12.3. The van der Waals surface area contributed by atoms with Crippen LogP contribution >= 0.6 is 0 Å². The molecular formula is C13H24N2O3. The molecule has 0 aliphatic carbocycles. The minimum absolute atomic E-state index is 0.0401. The zero-order valence-electron chi connectivity index (χ0n) is 11.8. The molecule has 0 radical (unpaired) electrons. The quantitative estimate of drug-likeness (QED) is 0.816. The van der Waals surface area contributed by atoms with Crippen molar-refractivity contribution in [3.05, 3.63) is 0 Å². The SMILES string of the molecule is CCN1CC(C)(C)CN(C)C(=O)C1CCC(=O)O. The van der Waals surface area contributed by atoms with Crippen LogP contribution in [0.1, 0.15) is 33.6 Å². The minimum Gasteiger partial charge on any atom is -0.481 e. The third kappa shape index (κ3) is 3.70. The summed E-state index contributed by atoms with van der Waals surface area (Å²) < 4.78 is 0. The lowest BCUT2D eigenvalue weighted by atomic mass is 9.92. The molecule has 1 unspecified atom stereocenters. The summed E-state index contributed by atoms with van der Waals surface area (Å²) in [5.74, 6) is -0.798. The van der Waals surface area contributed by atoms with E-state index in [0.717, 1.165) is 13.1 Å². The predicted molar refractivity (Wildman–Crippen MR) is 69.3 cm³/mol. The normalized spacial score (nSPS) is 25.0. The average molecular weight is 256 g/mol. The van der Waals surface area contributed by atoms with Gasteiger partial charge in [0.1, 0.15) is 0 Å². The Bertz CT molecular complexity index is 328. The van der Waals surface area contributed by atoms with Crippen molar-refractivity contribution in [2.24, 2.45) is 5.41 Å². The van der Waals surface area contributed by atoms with E-state index < -0.39 is 5.97 Å². The molecule has 1 fully saturated rings. The van der Waals surface area contributed by atoms with E-state index in [2.05, 4.69) is 18.7 Å². The molecular weight excluding hydrogens is 232 g/mol. The number of hydrogen-bond acceptors (Lipinski definition) is 3. The summed E-state index contributed by atoms with van der Waals surface area (Å²) in [5.41, 5.74) is 0.0401. The fourth-order valence-electron chi connectivity index (χ4n) is 2.74. The second-order valence-corrected chi connectivity index (χ2v) is 5.87. The number of amides is 1. The lowest BCUT2D eigenvalue weighted by molar-refractivity contribution is -0.138. The summed E-state index contributed by atoms with van der Waals surface area (Å²) >= 11 is 0. The van der Waals surface area contributed by atoms with Crippen LogP contribution < -0.4 is 0 Å². The number of nitrogens with zero attached hydrogens (tertiary/aromatic N) is 2. The molecule has 0 saturated carbocycles. The van der Waals surface area contributed by atoms with Crippen molar-refractivity contribution in [3.8, 4) is 0 Å². The lowest BCUT2D eigenvalue weighted by Gasteiger charge is -2.31. The minimum atomic E-state index is -0.843. The van der Waals surface area contributed by atoms with Gasteiger partial charge in [0.05, 0.1) is 6.04 Å². The van der Waals surface area contributed by atoms with Gasteiger partial charge in [-0.1, -0.05) is 20.8 Å². The van der Waals surface area contributed by atoms with Crippen LogP contribution in [0.2, 0.25) is 0 Å². The standard InChI is InChI=1S/C13H24N2O3/c1-5-15-9-13(2,3)8-14(4)12(18)10(15)6-7-11(16)17/h10H,5-9H2,1-4H3,(H,16,17). The first-order valence-corrected chi connectivity index (χ1v) is 6.47. The molecule has 1 saturated heterocycles. The molecule has 1 atom stereocenters. The van der Waals surface area contributed by atoms with E-state index in [9.17, 15) is 9.59 Å². The van der Waals surface area contributed by atoms with Gasteiger partial charge in [0.2, 0.25) is 5.91 Å². The highest BCUT2D eigenvalue weighted by Gasteiger charge is 2.37. The van der Waals surface area contributed by atoms with Crippen molar-refractivity contribution in [3.63, 3.8) is 0 Å². The van der Waals surface area contributed by atoms with Gasteiger partial charge in [-0.2, -0.15) is 0 Å². The van der Waals surface area contributed by atoms with Gasteiger partial charge < -0.3 is 10.0 Å². The van der Waals surface area contributed by atoms with Gasteiger partial charge >= 0.3 is 5.97 Å². The molecule has 1 amide bonds. The molecule has 5 nitrogen and oxygen atoms in total. The smallest absolute Gasteiger partial charge is 0.303 e. The predicted octanol–water partition coefficient (Wildman–Crippen LogP) is 1.04. The maximum Gasteiger partial charge on any atom is 0.303 e. The third-order valence-electron chi connectivity index (χ3n) is 3.44. The second-order valence-electron chi connectivity index (χ2n) is 5.87. The molecule has 0 aromatic heterocycles. The Morgan fingerprint density at radius 1 is 1.44 bits per heavy atom. The van der Waals surface area contributed by atoms with Gasteiger partial charge in [-0.05, 0) is 18.4 Å². The van der Waals surface area contributed by atoms with Gasteiger partial charge in [0.25, 0.3) is 0 Å². The van der Waals surface area contributed by atoms with Crippen LogP contribution in [0, 0.1) is 5.41 Å². The molecule has 1 aliphatic heterocycles. The fraction of sp³-hybridized carbons (Fsp3) is 0.846. The van der Waals surface area contributed by atoms with E-state index >= 15 is 0 Å². The number of likely N-dealkylation sites (N-methyl/N-ethyl adjacent to an activating group) is 2. The molecule has 1 rings (SSSR count). The Kier molecular flexibility index (Phi) is 4.73. The highest BCUT2D eigenvalue weighted by Crippen LogP contribution is 2.25. The zero-order chi connectivity index (χ0) is 13.9. The lowest BCUT2D eigenvalue weighted by Crippen LogP contribution is -2.45. The van der Waals surface area contributed by atoms with Crippen LogP contribution in [0.15, 0.2) is 0 Å². The molecule has 1 aliphatic rings. The van der Waals surface area contributed by atoms with E-state index in [4.69, 9.17) is 5.11 Å². The van der Waals surface area contributed by atoms with Gasteiger partial charge in [-0.15, -0.1) is 0 Å². The molecule has 0 spiro atoms. The second kappa shape index (κ2) is 5.69.